The Labute approximate surface area is 59.0 Å². The quantitative estimate of drug-likeness (QED) is 0.397. The summed E-state index contributed by atoms with van der Waals surface area (Å²) in [5.41, 5.74) is 0. The average Bonchev–Trinajstić information content (AvgIpc) is 1.64. The third-order valence-corrected chi connectivity index (χ3v) is 2.70. The van der Waals surface area contributed by atoms with Gasteiger partial charge in [-0.2, -0.15) is 21.0 Å². The minimum absolute atomic E-state index is 0.0536. The molecule has 0 rings (SSSR count). The third-order valence-electron chi connectivity index (χ3n) is 0.720. The van der Waals surface area contributed by atoms with E-state index in [9.17, 15) is 8.42 Å². The molecule has 1 atom stereocenters. The van der Waals surface area contributed by atoms with Gasteiger partial charge in [0.25, 0.3) is 10.1 Å². The Morgan fingerprint density at radius 2 is 2.00 bits per heavy atom. The maximum atomic E-state index is 10.1. The minimum Gasteiger partial charge on any atom is -0.396 e. The van der Waals surface area contributed by atoms with Crippen molar-refractivity contribution in [2.24, 2.45) is 0 Å². The molecule has 0 heterocycles. The molecular formula is C3H8O4S2. The van der Waals surface area contributed by atoms with Crippen molar-refractivity contribution in [3.05, 3.63) is 0 Å². The summed E-state index contributed by atoms with van der Waals surface area (Å²) in [5.74, 6) is 0. The summed E-state index contributed by atoms with van der Waals surface area (Å²) in [4.78, 5) is 0. The number of aliphatic hydroxyl groups is 1. The van der Waals surface area contributed by atoms with Crippen LogP contribution in [0, 0.1) is 0 Å². The zero-order chi connectivity index (χ0) is 7.49. The average molecular weight is 172 g/mol. The maximum Gasteiger partial charge on any atom is 0.277 e. The Bertz CT molecular complexity index is 161. The molecule has 0 radical (unpaired) electrons. The second-order valence-electron chi connectivity index (χ2n) is 1.48. The minimum atomic E-state index is -4.06. The first-order valence-corrected chi connectivity index (χ1v) is 4.25. The van der Waals surface area contributed by atoms with E-state index in [4.69, 9.17) is 9.66 Å². The van der Waals surface area contributed by atoms with Crippen molar-refractivity contribution in [3.8, 4) is 0 Å². The van der Waals surface area contributed by atoms with Crippen molar-refractivity contribution in [2.75, 3.05) is 6.61 Å². The topological polar surface area (TPSA) is 74.6 Å². The Hall–Kier alpha value is 0.220. The summed E-state index contributed by atoms with van der Waals surface area (Å²) < 4.78 is 27.2. The van der Waals surface area contributed by atoms with Crippen molar-refractivity contribution >= 4 is 22.7 Å². The van der Waals surface area contributed by atoms with Crippen LogP contribution in [0.1, 0.15) is 6.42 Å². The van der Waals surface area contributed by atoms with Crippen LogP contribution in [-0.2, 0) is 10.1 Å². The molecule has 0 aliphatic rings. The van der Waals surface area contributed by atoms with Gasteiger partial charge in [0.05, 0.1) is 0 Å². The molecule has 4 nitrogen and oxygen atoms in total. The summed E-state index contributed by atoms with van der Waals surface area (Å²) in [6, 6.07) is 0. The van der Waals surface area contributed by atoms with E-state index in [1.54, 1.807) is 0 Å². The van der Waals surface area contributed by atoms with Gasteiger partial charge in [0.15, 0.2) is 0 Å². The highest BCUT2D eigenvalue weighted by molar-refractivity contribution is 8.01. The monoisotopic (exact) mass is 172 g/mol. The molecule has 0 saturated carbocycles. The van der Waals surface area contributed by atoms with Gasteiger partial charge in [0, 0.05) is 6.61 Å². The fourth-order valence-corrected chi connectivity index (χ4v) is 0.778. The lowest BCUT2D eigenvalue weighted by Crippen LogP contribution is -2.14. The van der Waals surface area contributed by atoms with Gasteiger partial charge in [0.1, 0.15) is 4.58 Å². The van der Waals surface area contributed by atoms with Gasteiger partial charge in [0.2, 0.25) is 0 Å². The van der Waals surface area contributed by atoms with Crippen molar-refractivity contribution in [2.45, 2.75) is 11.0 Å². The predicted octanol–water partition coefficient (Wildman–Crippen LogP) is -0.487. The van der Waals surface area contributed by atoms with Crippen molar-refractivity contribution in [3.63, 3.8) is 0 Å². The molecular weight excluding hydrogens is 164 g/mol. The van der Waals surface area contributed by atoms with Crippen LogP contribution in [0.2, 0.25) is 0 Å². The summed E-state index contributed by atoms with van der Waals surface area (Å²) in [6.07, 6.45) is -0.0536. The van der Waals surface area contributed by atoms with E-state index in [1.807, 2.05) is 0 Å². The molecule has 0 aromatic heterocycles. The molecule has 0 amide bonds. The summed E-state index contributed by atoms with van der Waals surface area (Å²) >= 11 is 3.49. The zero-order valence-corrected chi connectivity index (χ0v) is 6.27. The summed E-state index contributed by atoms with van der Waals surface area (Å²) in [6.45, 7) is -0.298. The van der Waals surface area contributed by atoms with Gasteiger partial charge in [-0.3, -0.25) is 4.55 Å². The lowest BCUT2D eigenvalue weighted by atomic mass is 10.5. The van der Waals surface area contributed by atoms with E-state index in [0.717, 1.165) is 0 Å². The third kappa shape index (κ3) is 3.74. The normalized spacial score (nSPS) is 15.4. The van der Waals surface area contributed by atoms with Crippen molar-refractivity contribution < 1.29 is 18.1 Å². The molecule has 0 aliphatic heterocycles. The summed E-state index contributed by atoms with van der Waals surface area (Å²) in [5, 5.41) is 8.18. The maximum absolute atomic E-state index is 10.1. The lowest BCUT2D eigenvalue weighted by molar-refractivity contribution is 0.291. The molecule has 0 aliphatic carbocycles. The molecule has 0 saturated heterocycles. The van der Waals surface area contributed by atoms with Crippen molar-refractivity contribution in [1.82, 2.24) is 0 Å². The Morgan fingerprint density at radius 3 is 2.11 bits per heavy atom. The fourth-order valence-electron chi connectivity index (χ4n) is 0.259. The first-order valence-electron chi connectivity index (χ1n) is 2.23. The standard InChI is InChI=1S/C3H8O4S2/c4-2-1-3(8)9(5,6)7/h3-4,8H,1-2H2,(H,5,6,7). The second kappa shape index (κ2) is 3.40. The van der Waals surface area contributed by atoms with E-state index in [2.05, 4.69) is 12.6 Å². The van der Waals surface area contributed by atoms with Gasteiger partial charge in [-0.25, -0.2) is 0 Å². The number of thiol groups is 1. The van der Waals surface area contributed by atoms with E-state index in [-0.39, 0.29) is 13.0 Å². The van der Waals surface area contributed by atoms with Crippen LogP contribution in [0.4, 0.5) is 0 Å². The van der Waals surface area contributed by atoms with Crippen LogP contribution in [-0.4, -0.2) is 29.3 Å². The first kappa shape index (κ1) is 9.22. The van der Waals surface area contributed by atoms with Crippen LogP contribution in [0.15, 0.2) is 0 Å². The Morgan fingerprint density at radius 1 is 1.56 bits per heavy atom. The Kier molecular flexibility index (Phi) is 3.49. The van der Waals surface area contributed by atoms with Crippen LogP contribution in [0.5, 0.6) is 0 Å². The SMILES string of the molecule is O=S(=O)(O)C(S)CCO. The van der Waals surface area contributed by atoms with E-state index in [0.29, 0.717) is 0 Å². The second-order valence-corrected chi connectivity index (χ2v) is 4.05. The number of hydrogen-bond donors (Lipinski definition) is 3. The Balaban J connectivity index is 3.90. The molecule has 0 aromatic carbocycles. The van der Waals surface area contributed by atoms with E-state index >= 15 is 0 Å². The van der Waals surface area contributed by atoms with E-state index in [1.165, 1.54) is 0 Å². The van der Waals surface area contributed by atoms with Gasteiger partial charge in [-0.05, 0) is 6.42 Å². The smallest absolute Gasteiger partial charge is 0.277 e. The molecule has 0 fully saturated rings. The molecule has 9 heavy (non-hydrogen) atoms. The van der Waals surface area contributed by atoms with Crippen LogP contribution in [0.25, 0.3) is 0 Å². The summed E-state index contributed by atoms with van der Waals surface area (Å²) in [7, 11) is -4.06. The molecule has 2 N–H and O–H groups in total. The number of aliphatic hydroxyl groups excluding tert-OH is 1. The van der Waals surface area contributed by atoms with Crippen LogP contribution < -0.4 is 0 Å². The highest BCUT2D eigenvalue weighted by atomic mass is 32.3. The van der Waals surface area contributed by atoms with Gasteiger partial charge >= 0.3 is 0 Å². The predicted molar refractivity (Wildman–Crippen MR) is 36.0 cm³/mol. The van der Waals surface area contributed by atoms with Gasteiger partial charge in [-0.15, -0.1) is 0 Å². The molecule has 0 aromatic rings. The molecule has 0 bridgehead atoms. The lowest BCUT2D eigenvalue weighted by Gasteiger charge is -2.02. The zero-order valence-electron chi connectivity index (χ0n) is 4.56. The van der Waals surface area contributed by atoms with Crippen molar-refractivity contribution in [1.29, 1.82) is 0 Å². The van der Waals surface area contributed by atoms with Gasteiger partial charge in [-0.1, -0.05) is 0 Å². The molecule has 6 heteroatoms. The first-order chi connectivity index (χ1) is 3.98. The number of rotatable bonds is 3. The largest absolute Gasteiger partial charge is 0.396 e. The highest BCUT2D eigenvalue weighted by Gasteiger charge is 2.16. The van der Waals surface area contributed by atoms with E-state index < -0.39 is 14.7 Å². The van der Waals surface area contributed by atoms with Crippen LogP contribution >= 0.6 is 12.6 Å². The fraction of sp³-hybridized carbons (Fsp3) is 1.00. The molecule has 56 valence electrons. The number of hydrogen-bond acceptors (Lipinski definition) is 4. The molecule has 0 spiro atoms. The van der Waals surface area contributed by atoms with Crippen LogP contribution in [0.3, 0.4) is 0 Å². The van der Waals surface area contributed by atoms with Gasteiger partial charge < -0.3 is 5.11 Å². The molecule has 1 unspecified atom stereocenters. The highest BCUT2D eigenvalue weighted by Crippen LogP contribution is 2.06.